The number of nitrogens with one attached hydrogen (secondary N) is 1. The van der Waals surface area contributed by atoms with Gasteiger partial charge in [0.2, 0.25) is 6.79 Å². The minimum Gasteiger partial charge on any atom is -0.454 e. The van der Waals surface area contributed by atoms with E-state index in [0.717, 1.165) is 22.5 Å². The average Bonchev–Trinajstić information content (AvgIpc) is 2.99. The van der Waals surface area contributed by atoms with Crippen LogP contribution >= 0.6 is 15.9 Å². The van der Waals surface area contributed by atoms with Crippen LogP contribution < -0.4 is 14.8 Å². The summed E-state index contributed by atoms with van der Waals surface area (Å²) in [6.07, 6.45) is 2.44. The van der Waals surface area contributed by atoms with Crippen molar-refractivity contribution in [3.05, 3.63) is 21.7 Å². The lowest BCUT2D eigenvalue weighted by molar-refractivity contribution is 0.173. The summed E-state index contributed by atoms with van der Waals surface area (Å²) in [5.41, 5.74) is 2.71. The smallest absolute Gasteiger partial charge is 0.231 e. The molecule has 2 aliphatic heterocycles. The van der Waals surface area contributed by atoms with Crippen molar-refractivity contribution in [3.8, 4) is 11.5 Å². The predicted octanol–water partition coefficient (Wildman–Crippen LogP) is 3.73. The molecule has 1 N–H and O–H groups in total. The molecule has 0 radical (unpaired) electrons. The monoisotopic (exact) mass is 311 g/mol. The number of fused-ring (bicyclic) bond motifs is 1. The summed E-state index contributed by atoms with van der Waals surface area (Å²) in [6, 6.07) is 2.61. The molecule has 0 amide bonds. The third-order valence-electron chi connectivity index (χ3n) is 3.69. The molecule has 98 valence electrons. The van der Waals surface area contributed by atoms with E-state index in [-0.39, 0.29) is 0 Å². The van der Waals surface area contributed by atoms with Crippen molar-refractivity contribution < 1.29 is 9.47 Å². The Morgan fingerprint density at radius 2 is 2.22 bits per heavy atom. The molecule has 0 bridgehead atoms. The van der Waals surface area contributed by atoms with E-state index in [1.54, 1.807) is 0 Å². The Morgan fingerprint density at radius 3 is 2.89 bits per heavy atom. The molecular formula is C14H18BrNO2. The van der Waals surface area contributed by atoms with Gasteiger partial charge in [-0.2, -0.15) is 0 Å². The van der Waals surface area contributed by atoms with Gasteiger partial charge in [0, 0.05) is 6.04 Å². The van der Waals surface area contributed by atoms with E-state index in [9.17, 15) is 0 Å². The highest BCUT2D eigenvalue weighted by molar-refractivity contribution is 9.10. The fourth-order valence-corrected chi connectivity index (χ4v) is 3.86. The first-order chi connectivity index (χ1) is 8.68. The van der Waals surface area contributed by atoms with Gasteiger partial charge in [-0.25, -0.2) is 0 Å². The van der Waals surface area contributed by atoms with Gasteiger partial charge in [-0.3, -0.25) is 0 Å². The second-order valence-corrected chi connectivity index (χ2v) is 6.02. The van der Waals surface area contributed by atoms with E-state index in [1.807, 2.05) is 0 Å². The number of rotatable bonds is 2. The Kier molecular flexibility index (Phi) is 3.24. The fraction of sp³-hybridized carbons (Fsp3) is 0.571. The third kappa shape index (κ3) is 1.91. The van der Waals surface area contributed by atoms with E-state index in [1.165, 1.54) is 24.0 Å². The van der Waals surface area contributed by atoms with Gasteiger partial charge in [0.1, 0.15) is 0 Å². The summed E-state index contributed by atoms with van der Waals surface area (Å²) >= 11 is 3.70. The van der Waals surface area contributed by atoms with Crippen molar-refractivity contribution in [2.24, 2.45) is 0 Å². The molecule has 2 aliphatic rings. The summed E-state index contributed by atoms with van der Waals surface area (Å²) in [7, 11) is 0. The van der Waals surface area contributed by atoms with Crippen LogP contribution in [0.5, 0.6) is 11.5 Å². The predicted molar refractivity (Wildman–Crippen MR) is 74.3 cm³/mol. The highest BCUT2D eigenvalue weighted by Crippen LogP contribution is 2.47. The van der Waals surface area contributed by atoms with Gasteiger partial charge in [-0.1, -0.05) is 13.8 Å². The quantitative estimate of drug-likeness (QED) is 0.903. The summed E-state index contributed by atoms with van der Waals surface area (Å²) in [5.74, 6) is 2.20. The molecule has 1 fully saturated rings. The Labute approximate surface area is 116 Å². The van der Waals surface area contributed by atoms with E-state index >= 15 is 0 Å². The second kappa shape index (κ2) is 4.74. The molecule has 0 aliphatic carbocycles. The third-order valence-corrected chi connectivity index (χ3v) is 4.48. The number of ether oxygens (including phenoxy) is 2. The van der Waals surface area contributed by atoms with Gasteiger partial charge in [0.15, 0.2) is 11.5 Å². The highest BCUT2D eigenvalue weighted by Gasteiger charge is 2.28. The maximum absolute atomic E-state index is 5.55. The lowest BCUT2D eigenvalue weighted by Crippen LogP contribution is -2.15. The standard InChI is InChI=1S/C14H18BrNO2/c1-8(2)12-9(10-4-3-5-16-10)6-11-14(13(12)15)18-7-17-11/h6,8,10,16H,3-5,7H2,1-2H3. The van der Waals surface area contributed by atoms with Crippen LogP contribution in [0.2, 0.25) is 0 Å². The zero-order valence-electron chi connectivity index (χ0n) is 10.8. The molecule has 1 aromatic rings. The van der Waals surface area contributed by atoms with Crippen molar-refractivity contribution >= 4 is 15.9 Å². The molecule has 3 nitrogen and oxygen atoms in total. The molecule has 2 heterocycles. The van der Waals surface area contributed by atoms with Gasteiger partial charge in [-0.05, 0) is 58.4 Å². The van der Waals surface area contributed by atoms with Gasteiger partial charge < -0.3 is 14.8 Å². The lowest BCUT2D eigenvalue weighted by Gasteiger charge is -2.21. The van der Waals surface area contributed by atoms with Crippen molar-refractivity contribution in [1.82, 2.24) is 5.32 Å². The summed E-state index contributed by atoms with van der Waals surface area (Å²) < 4.78 is 12.1. The van der Waals surface area contributed by atoms with Gasteiger partial charge in [0.25, 0.3) is 0 Å². The molecule has 18 heavy (non-hydrogen) atoms. The number of hydrogen-bond donors (Lipinski definition) is 1. The topological polar surface area (TPSA) is 30.5 Å². The number of hydrogen-bond acceptors (Lipinski definition) is 3. The molecule has 0 spiro atoms. The zero-order valence-corrected chi connectivity index (χ0v) is 12.3. The lowest BCUT2D eigenvalue weighted by atomic mass is 9.91. The molecule has 1 atom stereocenters. The molecule has 0 saturated carbocycles. The molecule has 0 aromatic heterocycles. The maximum atomic E-state index is 5.55. The molecule has 1 aromatic carbocycles. The normalized spacial score (nSPS) is 21.9. The summed E-state index contributed by atoms with van der Waals surface area (Å²) in [6.45, 7) is 5.88. The van der Waals surface area contributed by atoms with E-state index in [0.29, 0.717) is 18.8 Å². The number of benzene rings is 1. The van der Waals surface area contributed by atoms with Crippen molar-refractivity contribution in [1.29, 1.82) is 0 Å². The average molecular weight is 312 g/mol. The van der Waals surface area contributed by atoms with Crippen LogP contribution in [0.4, 0.5) is 0 Å². The van der Waals surface area contributed by atoms with Crippen LogP contribution in [0.3, 0.4) is 0 Å². The number of halogens is 1. The molecule has 4 heteroatoms. The van der Waals surface area contributed by atoms with Crippen LogP contribution in [0, 0.1) is 0 Å². The fourth-order valence-electron chi connectivity index (χ4n) is 2.86. The first kappa shape index (κ1) is 12.3. The minimum absolute atomic E-state index is 0.326. The van der Waals surface area contributed by atoms with E-state index in [2.05, 4.69) is 41.2 Å². The van der Waals surface area contributed by atoms with Crippen LogP contribution in [-0.2, 0) is 0 Å². The van der Waals surface area contributed by atoms with Crippen molar-refractivity contribution in [2.75, 3.05) is 13.3 Å². The largest absolute Gasteiger partial charge is 0.454 e. The minimum atomic E-state index is 0.326. The Morgan fingerprint density at radius 1 is 1.39 bits per heavy atom. The molecule has 1 saturated heterocycles. The van der Waals surface area contributed by atoms with Crippen LogP contribution in [0.15, 0.2) is 10.5 Å². The van der Waals surface area contributed by atoms with Crippen LogP contribution in [-0.4, -0.2) is 13.3 Å². The summed E-state index contributed by atoms with van der Waals surface area (Å²) in [4.78, 5) is 0. The maximum Gasteiger partial charge on any atom is 0.231 e. The first-order valence-corrected chi connectivity index (χ1v) is 7.33. The van der Waals surface area contributed by atoms with Crippen molar-refractivity contribution in [3.63, 3.8) is 0 Å². The van der Waals surface area contributed by atoms with E-state index in [4.69, 9.17) is 9.47 Å². The summed E-state index contributed by atoms with van der Waals surface area (Å²) in [5, 5.41) is 3.57. The van der Waals surface area contributed by atoms with Crippen molar-refractivity contribution in [2.45, 2.75) is 38.6 Å². The highest BCUT2D eigenvalue weighted by atomic mass is 79.9. The zero-order chi connectivity index (χ0) is 12.7. The second-order valence-electron chi connectivity index (χ2n) is 5.23. The first-order valence-electron chi connectivity index (χ1n) is 6.53. The Bertz CT molecular complexity index is 467. The molecular weight excluding hydrogens is 294 g/mol. The molecule has 3 rings (SSSR count). The van der Waals surface area contributed by atoms with Gasteiger partial charge in [0.05, 0.1) is 4.47 Å². The van der Waals surface area contributed by atoms with Crippen LogP contribution in [0.1, 0.15) is 49.8 Å². The SMILES string of the molecule is CC(C)c1c(C2CCCN2)cc2c(c1Br)OCO2. The Balaban J connectivity index is 2.13. The van der Waals surface area contributed by atoms with Crippen LogP contribution in [0.25, 0.3) is 0 Å². The molecule has 1 unspecified atom stereocenters. The van der Waals surface area contributed by atoms with Gasteiger partial charge >= 0.3 is 0 Å². The van der Waals surface area contributed by atoms with E-state index < -0.39 is 0 Å². The Hall–Kier alpha value is -0.740. The van der Waals surface area contributed by atoms with Gasteiger partial charge in [-0.15, -0.1) is 0 Å².